The summed E-state index contributed by atoms with van der Waals surface area (Å²) in [6, 6.07) is 11.4. The smallest absolute Gasteiger partial charge is 0.257 e. The highest BCUT2D eigenvalue weighted by atomic mass is 35.5. The lowest BCUT2D eigenvalue weighted by molar-refractivity contribution is 0.102. The summed E-state index contributed by atoms with van der Waals surface area (Å²) in [5.41, 5.74) is 7.24. The normalized spacial score (nSPS) is 9.76. The molecule has 0 bridgehead atoms. The first-order chi connectivity index (χ1) is 10.0. The second-order valence-electron chi connectivity index (χ2n) is 4.22. The number of amides is 1. The fraction of sp³-hybridized carbons (Fsp3) is 0.0667. The predicted octanol–water partition coefficient (Wildman–Crippen LogP) is 3.05. The van der Waals surface area contributed by atoms with E-state index in [2.05, 4.69) is 5.32 Å². The third-order valence-corrected chi connectivity index (χ3v) is 3.14. The van der Waals surface area contributed by atoms with Gasteiger partial charge < -0.3 is 15.8 Å². The van der Waals surface area contributed by atoms with Crippen molar-refractivity contribution >= 4 is 28.9 Å². The number of methoxy groups -OCH3 is 1. The summed E-state index contributed by atoms with van der Waals surface area (Å²) >= 11 is 5.99. The van der Waals surface area contributed by atoms with Crippen LogP contribution in [0.15, 0.2) is 36.4 Å². The average Bonchev–Trinajstić information content (AvgIpc) is 2.49. The zero-order valence-electron chi connectivity index (χ0n) is 11.2. The van der Waals surface area contributed by atoms with Gasteiger partial charge in [-0.2, -0.15) is 5.26 Å². The van der Waals surface area contributed by atoms with Crippen LogP contribution in [0.3, 0.4) is 0 Å². The van der Waals surface area contributed by atoms with E-state index in [0.29, 0.717) is 27.7 Å². The van der Waals surface area contributed by atoms with Gasteiger partial charge in [0.1, 0.15) is 5.75 Å². The minimum absolute atomic E-state index is 0.267. The Morgan fingerprint density at radius 2 is 2.10 bits per heavy atom. The van der Waals surface area contributed by atoms with Crippen molar-refractivity contribution in [3.8, 4) is 11.8 Å². The fourth-order valence-electron chi connectivity index (χ4n) is 1.77. The number of halogens is 1. The first-order valence-corrected chi connectivity index (χ1v) is 6.37. The van der Waals surface area contributed by atoms with E-state index < -0.39 is 5.91 Å². The maximum absolute atomic E-state index is 12.2. The minimum Gasteiger partial charge on any atom is -0.495 e. The van der Waals surface area contributed by atoms with E-state index in [1.54, 1.807) is 24.3 Å². The minimum atomic E-state index is -0.407. The summed E-state index contributed by atoms with van der Waals surface area (Å²) in [5.74, 6) is -0.0160. The van der Waals surface area contributed by atoms with Gasteiger partial charge in [-0.1, -0.05) is 11.6 Å². The van der Waals surface area contributed by atoms with Crippen LogP contribution in [0.2, 0.25) is 5.02 Å². The number of nitrogens with one attached hydrogen (secondary N) is 1. The SMILES string of the molecule is COc1cc(C#N)ccc1NC(=O)c1cc(N)ccc1Cl. The van der Waals surface area contributed by atoms with Crippen LogP contribution in [-0.2, 0) is 0 Å². The average molecular weight is 302 g/mol. The van der Waals surface area contributed by atoms with Crippen LogP contribution in [0.4, 0.5) is 11.4 Å². The van der Waals surface area contributed by atoms with Crippen LogP contribution in [0, 0.1) is 11.3 Å². The first-order valence-electron chi connectivity index (χ1n) is 5.99. The van der Waals surface area contributed by atoms with Crippen molar-refractivity contribution in [3.05, 3.63) is 52.5 Å². The highest BCUT2D eigenvalue weighted by molar-refractivity contribution is 6.34. The van der Waals surface area contributed by atoms with Gasteiger partial charge >= 0.3 is 0 Å². The summed E-state index contributed by atoms with van der Waals surface area (Å²) in [6.07, 6.45) is 0. The van der Waals surface area contributed by atoms with Crippen LogP contribution >= 0.6 is 11.6 Å². The van der Waals surface area contributed by atoms with Gasteiger partial charge in [-0.3, -0.25) is 4.79 Å². The molecule has 5 nitrogen and oxygen atoms in total. The van der Waals surface area contributed by atoms with Crippen molar-refractivity contribution < 1.29 is 9.53 Å². The summed E-state index contributed by atoms with van der Waals surface area (Å²) in [5, 5.41) is 11.8. The van der Waals surface area contributed by atoms with E-state index in [9.17, 15) is 4.79 Å². The number of hydrogen-bond acceptors (Lipinski definition) is 4. The number of benzene rings is 2. The van der Waals surface area contributed by atoms with E-state index in [0.717, 1.165) is 0 Å². The molecule has 0 aliphatic rings. The molecule has 21 heavy (non-hydrogen) atoms. The summed E-state index contributed by atoms with van der Waals surface area (Å²) in [4.78, 5) is 12.2. The number of rotatable bonds is 3. The Bertz CT molecular complexity index is 738. The van der Waals surface area contributed by atoms with E-state index in [-0.39, 0.29) is 5.56 Å². The molecule has 0 fully saturated rings. The van der Waals surface area contributed by atoms with E-state index in [1.165, 1.54) is 19.2 Å². The first kappa shape index (κ1) is 14.7. The van der Waals surface area contributed by atoms with Gasteiger partial charge in [0.15, 0.2) is 0 Å². The van der Waals surface area contributed by atoms with Gasteiger partial charge in [0.2, 0.25) is 0 Å². The summed E-state index contributed by atoms with van der Waals surface area (Å²) < 4.78 is 5.16. The van der Waals surface area contributed by atoms with Crippen LogP contribution in [-0.4, -0.2) is 13.0 Å². The molecule has 0 aliphatic heterocycles. The quantitative estimate of drug-likeness (QED) is 0.853. The van der Waals surface area contributed by atoms with Crippen molar-refractivity contribution in [2.24, 2.45) is 0 Å². The third-order valence-electron chi connectivity index (χ3n) is 2.81. The van der Waals surface area contributed by atoms with Gasteiger partial charge in [-0.05, 0) is 30.3 Å². The molecular formula is C15H12ClN3O2. The second-order valence-corrected chi connectivity index (χ2v) is 4.63. The molecule has 2 aromatic rings. The molecule has 0 atom stereocenters. The Morgan fingerprint density at radius 1 is 1.33 bits per heavy atom. The molecule has 0 heterocycles. The number of carbonyl (C=O) groups is 1. The molecule has 0 saturated heterocycles. The molecule has 0 unspecified atom stereocenters. The molecule has 2 aromatic carbocycles. The Labute approximate surface area is 126 Å². The molecule has 1 amide bonds. The maximum atomic E-state index is 12.2. The maximum Gasteiger partial charge on any atom is 0.257 e. The van der Waals surface area contributed by atoms with Crippen LogP contribution in [0.1, 0.15) is 15.9 Å². The van der Waals surface area contributed by atoms with Crippen molar-refractivity contribution in [2.45, 2.75) is 0 Å². The Morgan fingerprint density at radius 3 is 2.76 bits per heavy atom. The number of nitrogens with two attached hydrogens (primary N) is 1. The molecule has 2 rings (SSSR count). The van der Waals surface area contributed by atoms with Crippen LogP contribution < -0.4 is 15.8 Å². The number of ether oxygens (including phenoxy) is 1. The number of nitrogen functional groups attached to an aromatic ring is 1. The highest BCUT2D eigenvalue weighted by Gasteiger charge is 2.13. The van der Waals surface area contributed by atoms with Crippen molar-refractivity contribution in [1.82, 2.24) is 0 Å². The monoisotopic (exact) mass is 301 g/mol. The number of anilines is 2. The topological polar surface area (TPSA) is 88.1 Å². The molecule has 0 aromatic heterocycles. The lowest BCUT2D eigenvalue weighted by Crippen LogP contribution is -2.13. The van der Waals surface area contributed by atoms with Crippen LogP contribution in [0.25, 0.3) is 0 Å². The highest BCUT2D eigenvalue weighted by Crippen LogP contribution is 2.27. The van der Waals surface area contributed by atoms with Gasteiger partial charge in [-0.25, -0.2) is 0 Å². The fourth-order valence-corrected chi connectivity index (χ4v) is 1.97. The standard InChI is InChI=1S/C15H12ClN3O2/c1-21-14-6-9(8-17)2-5-13(14)19-15(20)11-7-10(18)3-4-12(11)16/h2-7H,18H2,1H3,(H,19,20). The van der Waals surface area contributed by atoms with E-state index in [1.807, 2.05) is 6.07 Å². The number of hydrogen-bond donors (Lipinski definition) is 2. The van der Waals surface area contributed by atoms with Crippen molar-refractivity contribution in [2.75, 3.05) is 18.2 Å². The largest absolute Gasteiger partial charge is 0.495 e. The van der Waals surface area contributed by atoms with Gasteiger partial charge in [0.25, 0.3) is 5.91 Å². The molecule has 3 N–H and O–H groups in total. The molecule has 0 saturated carbocycles. The molecule has 0 aliphatic carbocycles. The summed E-state index contributed by atoms with van der Waals surface area (Å²) in [7, 11) is 1.46. The Hall–Kier alpha value is -2.71. The zero-order chi connectivity index (χ0) is 15.4. The van der Waals surface area contributed by atoms with E-state index >= 15 is 0 Å². The third kappa shape index (κ3) is 3.25. The number of nitriles is 1. The van der Waals surface area contributed by atoms with Gasteiger partial charge in [0.05, 0.1) is 35.0 Å². The van der Waals surface area contributed by atoms with Crippen molar-refractivity contribution in [3.63, 3.8) is 0 Å². The van der Waals surface area contributed by atoms with Crippen molar-refractivity contribution in [1.29, 1.82) is 5.26 Å². The molecule has 0 spiro atoms. The Balaban J connectivity index is 2.32. The number of nitrogens with zero attached hydrogens (tertiary/aromatic N) is 1. The molecule has 0 radical (unpaired) electrons. The number of carbonyl (C=O) groups excluding carboxylic acids is 1. The van der Waals surface area contributed by atoms with Gasteiger partial charge in [-0.15, -0.1) is 0 Å². The summed E-state index contributed by atoms with van der Waals surface area (Å²) in [6.45, 7) is 0. The molecule has 106 valence electrons. The van der Waals surface area contributed by atoms with Gasteiger partial charge in [0, 0.05) is 11.8 Å². The van der Waals surface area contributed by atoms with E-state index in [4.69, 9.17) is 27.3 Å². The molecule has 6 heteroatoms. The van der Waals surface area contributed by atoms with Crippen LogP contribution in [0.5, 0.6) is 5.75 Å². The zero-order valence-corrected chi connectivity index (χ0v) is 11.9. The molecular weight excluding hydrogens is 290 g/mol. The lowest BCUT2D eigenvalue weighted by Gasteiger charge is -2.11. The second kappa shape index (κ2) is 6.16. The lowest BCUT2D eigenvalue weighted by atomic mass is 10.1. The predicted molar refractivity (Wildman–Crippen MR) is 81.5 cm³/mol. The Kier molecular flexibility index (Phi) is 4.31.